The van der Waals surface area contributed by atoms with Crippen LogP contribution in [0, 0.1) is 6.92 Å². The lowest BCUT2D eigenvalue weighted by Gasteiger charge is -2.13. The van der Waals surface area contributed by atoms with Crippen LogP contribution in [0.25, 0.3) is 0 Å². The number of urea groups is 1. The van der Waals surface area contributed by atoms with E-state index in [9.17, 15) is 9.59 Å². The summed E-state index contributed by atoms with van der Waals surface area (Å²) in [7, 11) is 0. The van der Waals surface area contributed by atoms with Crippen molar-refractivity contribution in [2.75, 3.05) is 17.2 Å². The summed E-state index contributed by atoms with van der Waals surface area (Å²) in [5, 5.41) is 11.0. The number of aryl methyl sites for hydroxylation is 1. The quantitative estimate of drug-likeness (QED) is 0.764. The van der Waals surface area contributed by atoms with Crippen LogP contribution in [0.2, 0.25) is 0 Å². The van der Waals surface area contributed by atoms with Gasteiger partial charge in [0.2, 0.25) is 0 Å². The van der Waals surface area contributed by atoms with Crippen LogP contribution >= 0.6 is 11.3 Å². The SMILES string of the molecule is CCOC(=O)Nc1ccc(NC(=O)N[C@@H](C)c2csc(C)n2)cc1. The van der Waals surface area contributed by atoms with E-state index < -0.39 is 6.09 Å². The summed E-state index contributed by atoms with van der Waals surface area (Å²) in [6, 6.07) is 6.25. The molecule has 0 bridgehead atoms. The molecule has 2 rings (SSSR count). The Bertz CT molecular complexity index is 700. The van der Waals surface area contributed by atoms with Crippen molar-refractivity contribution in [1.29, 1.82) is 0 Å². The van der Waals surface area contributed by atoms with Gasteiger partial charge in [0.25, 0.3) is 0 Å². The first kappa shape index (κ1) is 17.7. The fraction of sp³-hybridized carbons (Fsp3) is 0.312. The molecule has 1 heterocycles. The van der Waals surface area contributed by atoms with Gasteiger partial charge in [0.15, 0.2) is 0 Å². The molecule has 1 atom stereocenters. The van der Waals surface area contributed by atoms with Gasteiger partial charge in [-0.3, -0.25) is 5.32 Å². The third-order valence-electron chi connectivity index (χ3n) is 3.09. The zero-order chi connectivity index (χ0) is 17.5. The van der Waals surface area contributed by atoms with Gasteiger partial charge in [-0.15, -0.1) is 11.3 Å². The maximum Gasteiger partial charge on any atom is 0.411 e. The van der Waals surface area contributed by atoms with E-state index in [1.807, 2.05) is 19.2 Å². The number of hydrogen-bond donors (Lipinski definition) is 3. The van der Waals surface area contributed by atoms with Crippen LogP contribution in [0.3, 0.4) is 0 Å². The lowest BCUT2D eigenvalue weighted by Crippen LogP contribution is -2.31. The largest absolute Gasteiger partial charge is 0.450 e. The molecule has 0 aliphatic heterocycles. The first-order valence-electron chi connectivity index (χ1n) is 7.51. The smallest absolute Gasteiger partial charge is 0.411 e. The van der Waals surface area contributed by atoms with Crippen LogP contribution in [0.15, 0.2) is 29.6 Å². The van der Waals surface area contributed by atoms with Crippen LogP contribution in [0.5, 0.6) is 0 Å². The molecule has 2 aromatic rings. The molecule has 0 fully saturated rings. The molecule has 0 aliphatic carbocycles. The van der Waals surface area contributed by atoms with Crippen LogP contribution in [-0.2, 0) is 4.74 Å². The van der Waals surface area contributed by atoms with Crippen LogP contribution < -0.4 is 16.0 Å². The van der Waals surface area contributed by atoms with Gasteiger partial charge in [-0.1, -0.05) is 0 Å². The number of aromatic nitrogens is 1. The second-order valence-electron chi connectivity index (χ2n) is 5.03. The highest BCUT2D eigenvalue weighted by molar-refractivity contribution is 7.09. The van der Waals surface area contributed by atoms with Gasteiger partial charge in [0.1, 0.15) is 0 Å². The molecule has 3 amide bonds. The highest BCUT2D eigenvalue weighted by Crippen LogP contribution is 2.17. The number of hydrogen-bond acceptors (Lipinski definition) is 5. The zero-order valence-corrected chi connectivity index (χ0v) is 14.6. The Kier molecular flexibility index (Phi) is 6.14. The monoisotopic (exact) mass is 348 g/mol. The minimum atomic E-state index is -0.511. The molecule has 0 spiro atoms. The first-order valence-corrected chi connectivity index (χ1v) is 8.39. The fourth-order valence-corrected chi connectivity index (χ4v) is 2.64. The Morgan fingerprint density at radius 1 is 1.21 bits per heavy atom. The number of carbonyl (C=O) groups excluding carboxylic acids is 2. The summed E-state index contributed by atoms with van der Waals surface area (Å²) in [5.74, 6) is 0. The molecule has 1 aromatic heterocycles. The molecular weight excluding hydrogens is 328 g/mol. The van der Waals surface area contributed by atoms with E-state index >= 15 is 0 Å². The molecule has 1 aromatic carbocycles. The predicted molar refractivity (Wildman–Crippen MR) is 94.5 cm³/mol. The fourth-order valence-electron chi connectivity index (χ4n) is 1.94. The van der Waals surface area contributed by atoms with Gasteiger partial charge >= 0.3 is 12.1 Å². The van der Waals surface area contributed by atoms with Gasteiger partial charge in [0.05, 0.1) is 23.4 Å². The Balaban J connectivity index is 1.86. The molecule has 0 radical (unpaired) electrons. The zero-order valence-electron chi connectivity index (χ0n) is 13.8. The lowest BCUT2D eigenvalue weighted by molar-refractivity contribution is 0.168. The van der Waals surface area contributed by atoms with Crippen molar-refractivity contribution >= 4 is 34.8 Å². The number of ether oxygens (including phenoxy) is 1. The van der Waals surface area contributed by atoms with Crippen molar-refractivity contribution in [2.45, 2.75) is 26.8 Å². The molecule has 3 N–H and O–H groups in total. The van der Waals surface area contributed by atoms with Gasteiger partial charge in [0, 0.05) is 16.8 Å². The summed E-state index contributed by atoms with van der Waals surface area (Å²) in [4.78, 5) is 27.7. The second kappa shape index (κ2) is 8.30. The number of nitrogens with zero attached hydrogens (tertiary/aromatic N) is 1. The average Bonchev–Trinajstić information content (AvgIpc) is 2.96. The number of anilines is 2. The molecule has 0 aliphatic rings. The molecule has 0 unspecified atom stereocenters. The molecule has 0 saturated carbocycles. The van der Waals surface area contributed by atoms with Crippen molar-refractivity contribution in [2.24, 2.45) is 0 Å². The molecule has 24 heavy (non-hydrogen) atoms. The lowest BCUT2D eigenvalue weighted by atomic mass is 10.2. The number of thiazole rings is 1. The summed E-state index contributed by atoms with van der Waals surface area (Å²) < 4.78 is 4.79. The van der Waals surface area contributed by atoms with E-state index in [1.54, 1.807) is 42.5 Å². The third kappa shape index (κ3) is 5.24. The molecule has 8 heteroatoms. The van der Waals surface area contributed by atoms with Crippen molar-refractivity contribution < 1.29 is 14.3 Å². The van der Waals surface area contributed by atoms with E-state index in [2.05, 4.69) is 20.9 Å². The molecular formula is C16H20N4O3S. The topological polar surface area (TPSA) is 92.4 Å². The Labute approximate surface area is 144 Å². The maximum absolute atomic E-state index is 12.0. The number of rotatable bonds is 5. The molecule has 7 nitrogen and oxygen atoms in total. The van der Waals surface area contributed by atoms with Gasteiger partial charge in [-0.25, -0.2) is 14.6 Å². The van der Waals surface area contributed by atoms with Crippen LogP contribution in [0.4, 0.5) is 21.0 Å². The van der Waals surface area contributed by atoms with E-state index in [0.717, 1.165) is 10.7 Å². The predicted octanol–water partition coefficient (Wildman–Crippen LogP) is 3.90. The molecule has 128 valence electrons. The summed E-state index contributed by atoms with van der Waals surface area (Å²) >= 11 is 1.55. The van der Waals surface area contributed by atoms with Crippen molar-refractivity contribution in [3.8, 4) is 0 Å². The second-order valence-corrected chi connectivity index (χ2v) is 6.10. The van der Waals surface area contributed by atoms with Crippen LogP contribution in [-0.4, -0.2) is 23.7 Å². The van der Waals surface area contributed by atoms with Gasteiger partial charge < -0.3 is 15.4 Å². The number of carbonyl (C=O) groups is 2. The number of nitrogens with one attached hydrogen (secondary N) is 3. The minimum absolute atomic E-state index is 0.181. The normalized spacial score (nSPS) is 11.5. The standard InChI is InChI=1S/C16H20N4O3S/c1-4-23-16(22)20-13-7-5-12(6-8-13)19-15(21)17-10(2)14-9-24-11(3)18-14/h5-10H,4H2,1-3H3,(H,20,22)(H2,17,19,21)/t10-/m0/s1. The van der Waals surface area contributed by atoms with Gasteiger partial charge in [-0.05, 0) is 45.0 Å². The van der Waals surface area contributed by atoms with E-state index in [1.165, 1.54) is 0 Å². The number of benzene rings is 1. The first-order chi connectivity index (χ1) is 11.5. The Morgan fingerprint density at radius 2 is 1.83 bits per heavy atom. The highest BCUT2D eigenvalue weighted by atomic mass is 32.1. The van der Waals surface area contributed by atoms with Gasteiger partial charge in [-0.2, -0.15) is 0 Å². The summed E-state index contributed by atoms with van der Waals surface area (Å²) in [6.07, 6.45) is -0.511. The average molecular weight is 348 g/mol. The maximum atomic E-state index is 12.0. The Hall–Kier alpha value is -2.61. The number of amides is 3. The summed E-state index contributed by atoms with van der Waals surface area (Å²) in [6.45, 7) is 5.84. The molecule has 0 saturated heterocycles. The van der Waals surface area contributed by atoms with Crippen molar-refractivity contribution in [3.63, 3.8) is 0 Å². The van der Waals surface area contributed by atoms with Crippen LogP contribution in [0.1, 0.15) is 30.6 Å². The summed E-state index contributed by atoms with van der Waals surface area (Å²) in [5.41, 5.74) is 2.04. The highest BCUT2D eigenvalue weighted by Gasteiger charge is 2.12. The van der Waals surface area contributed by atoms with E-state index in [-0.39, 0.29) is 12.1 Å². The van der Waals surface area contributed by atoms with E-state index in [0.29, 0.717) is 18.0 Å². The minimum Gasteiger partial charge on any atom is -0.450 e. The Morgan fingerprint density at radius 3 is 2.38 bits per heavy atom. The van der Waals surface area contributed by atoms with E-state index in [4.69, 9.17) is 4.74 Å². The van der Waals surface area contributed by atoms with Crippen molar-refractivity contribution in [1.82, 2.24) is 10.3 Å². The third-order valence-corrected chi connectivity index (χ3v) is 3.88. The van der Waals surface area contributed by atoms with Crippen molar-refractivity contribution in [3.05, 3.63) is 40.3 Å².